The van der Waals surface area contributed by atoms with Crippen molar-refractivity contribution in [1.82, 2.24) is 15.1 Å². The van der Waals surface area contributed by atoms with Crippen LogP contribution in [0.25, 0.3) is 0 Å². The molecule has 1 aliphatic rings. The third-order valence-electron chi connectivity index (χ3n) is 4.20. The molecular formula is C17H33N3O3. The van der Waals surface area contributed by atoms with E-state index in [1.54, 1.807) is 9.80 Å². The maximum atomic E-state index is 12.0. The number of amides is 2. The van der Waals surface area contributed by atoms with Crippen LogP contribution in [-0.4, -0.2) is 66.7 Å². The second-order valence-electron chi connectivity index (χ2n) is 7.39. The summed E-state index contributed by atoms with van der Waals surface area (Å²) in [6, 6.07) is -0.163. The lowest BCUT2D eigenvalue weighted by Crippen LogP contribution is -2.47. The van der Waals surface area contributed by atoms with Crippen molar-refractivity contribution in [3.8, 4) is 0 Å². The monoisotopic (exact) mass is 327 g/mol. The van der Waals surface area contributed by atoms with Gasteiger partial charge in [0.25, 0.3) is 0 Å². The molecule has 0 aromatic carbocycles. The van der Waals surface area contributed by atoms with E-state index in [1.807, 2.05) is 41.7 Å². The van der Waals surface area contributed by atoms with Crippen molar-refractivity contribution in [2.75, 3.05) is 33.2 Å². The van der Waals surface area contributed by atoms with Crippen LogP contribution < -0.4 is 5.32 Å². The van der Waals surface area contributed by atoms with Crippen LogP contribution in [-0.2, 0) is 9.53 Å². The van der Waals surface area contributed by atoms with E-state index in [4.69, 9.17) is 4.74 Å². The van der Waals surface area contributed by atoms with E-state index in [0.717, 1.165) is 39.0 Å². The second-order valence-corrected chi connectivity index (χ2v) is 7.39. The molecule has 0 aromatic heterocycles. The van der Waals surface area contributed by atoms with Crippen molar-refractivity contribution in [1.29, 1.82) is 0 Å². The Morgan fingerprint density at radius 3 is 2.35 bits per heavy atom. The van der Waals surface area contributed by atoms with Gasteiger partial charge in [-0.25, -0.2) is 4.79 Å². The Morgan fingerprint density at radius 1 is 1.30 bits per heavy atom. The first-order chi connectivity index (χ1) is 10.6. The van der Waals surface area contributed by atoms with E-state index in [0.29, 0.717) is 5.92 Å². The summed E-state index contributed by atoms with van der Waals surface area (Å²) < 4.78 is 5.40. The number of ether oxygens (including phenoxy) is 1. The van der Waals surface area contributed by atoms with Crippen molar-refractivity contribution in [2.45, 2.75) is 59.1 Å². The number of nitrogens with one attached hydrogen (secondary N) is 1. The molecule has 1 N–H and O–H groups in total. The van der Waals surface area contributed by atoms with Crippen LogP contribution in [0.1, 0.15) is 47.5 Å². The van der Waals surface area contributed by atoms with E-state index >= 15 is 0 Å². The molecule has 134 valence electrons. The quantitative estimate of drug-likeness (QED) is 0.840. The van der Waals surface area contributed by atoms with Gasteiger partial charge in [-0.05, 0) is 59.9 Å². The van der Waals surface area contributed by atoms with Gasteiger partial charge in [-0.1, -0.05) is 0 Å². The molecule has 0 aromatic rings. The van der Waals surface area contributed by atoms with Gasteiger partial charge in [0.2, 0.25) is 5.91 Å². The van der Waals surface area contributed by atoms with Gasteiger partial charge >= 0.3 is 6.09 Å². The third kappa shape index (κ3) is 6.77. The highest BCUT2D eigenvalue weighted by Crippen LogP contribution is 2.19. The minimum absolute atomic E-state index is 0.124. The summed E-state index contributed by atoms with van der Waals surface area (Å²) in [6.07, 6.45) is 1.66. The zero-order valence-electron chi connectivity index (χ0n) is 15.5. The number of nitrogens with zero attached hydrogens (tertiary/aromatic N) is 2. The van der Waals surface area contributed by atoms with E-state index in [1.165, 1.54) is 0 Å². The number of carbonyl (C=O) groups is 2. The lowest BCUT2D eigenvalue weighted by molar-refractivity contribution is -0.131. The van der Waals surface area contributed by atoms with Crippen molar-refractivity contribution in [3.63, 3.8) is 0 Å². The Labute approximate surface area is 140 Å². The molecule has 0 aliphatic carbocycles. The topological polar surface area (TPSA) is 61.9 Å². The largest absolute Gasteiger partial charge is 0.444 e. The summed E-state index contributed by atoms with van der Waals surface area (Å²) >= 11 is 0. The fourth-order valence-electron chi connectivity index (χ4n) is 2.56. The van der Waals surface area contributed by atoms with Crippen molar-refractivity contribution in [3.05, 3.63) is 0 Å². The van der Waals surface area contributed by atoms with Crippen LogP contribution >= 0.6 is 0 Å². The van der Waals surface area contributed by atoms with Gasteiger partial charge in [0, 0.05) is 26.7 Å². The number of rotatable bonds is 5. The zero-order chi connectivity index (χ0) is 17.6. The van der Waals surface area contributed by atoms with Gasteiger partial charge < -0.3 is 19.9 Å². The molecule has 1 heterocycles. The molecule has 1 rings (SSSR count). The SMILES string of the molecule is CCN(C)C(=O)C(C)NCC1CCN(C(=O)OC(C)(C)C)CC1. The molecular weight excluding hydrogens is 294 g/mol. The van der Waals surface area contributed by atoms with Crippen LogP contribution in [0.3, 0.4) is 0 Å². The lowest BCUT2D eigenvalue weighted by Gasteiger charge is -2.34. The molecule has 6 nitrogen and oxygen atoms in total. The number of piperidine rings is 1. The predicted molar refractivity (Wildman–Crippen MR) is 91.3 cm³/mol. The summed E-state index contributed by atoms with van der Waals surface area (Å²) in [5.41, 5.74) is -0.448. The fraction of sp³-hybridized carbons (Fsp3) is 0.882. The highest BCUT2D eigenvalue weighted by atomic mass is 16.6. The maximum absolute atomic E-state index is 12.0. The first-order valence-electron chi connectivity index (χ1n) is 8.60. The Morgan fingerprint density at radius 2 is 1.87 bits per heavy atom. The molecule has 23 heavy (non-hydrogen) atoms. The summed E-state index contributed by atoms with van der Waals surface area (Å²) in [6.45, 7) is 12.5. The van der Waals surface area contributed by atoms with E-state index in [-0.39, 0.29) is 18.0 Å². The number of likely N-dealkylation sites (N-methyl/N-ethyl adjacent to an activating group) is 1. The molecule has 0 radical (unpaired) electrons. The van der Waals surface area contributed by atoms with Crippen LogP contribution in [0.2, 0.25) is 0 Å². The molecule has 1 fully saturated rings. The van der Waals surface area contributed by atoms with Crippen LogP contribution in [0.15, 0.2) is 0 Å². The molecule has 1 atom stereocenters. The Hall–Kier alpha value is -1.30. The van der Waals surface area contributed by atoms with Crippen molar-refractivity contribution in [2.24, 2.45) is 5.92 Å². The number of hydrogen-bond donors (Lipinski definition) is 1. The predicted octanol–water partition coefficient (Wildman–Crippen LogP) is 2.09. The van der Waals surface area contributed by atoms with Gasteiger partial charge in [-0.2, -0.15) is 0 Å². The number of likely N-dealkylation sites (tertiary alicyclic amines) is 1. The number of hydrogen-bond acceptors (Lipinski definition) is 4. The van der Waals surface area contributed by atoms with Crippen LogP contribution in [0, 0.1) is 5.92 Å². The Balaban J connectivity index is 2.31. The van der Waals surface area contributed by atoms with Gasteiger partial charge in [0.05, 0.1) is 6.04 Å². The summed E-state index contributed by atoms with van der Waals surface area (Å²) in [7, 11) is 1.82. The molecule has 1 aliphatic heterocycles. The smallest absolute Gasteiger partial charge is 0.410 e. The average Bonchev–Trinajstić information content (AvgIpc) is 2.49. The van der Waals surface area contributed by atoms with Gasteiger partial charge in [-0.3, -0.25) is 4.79 Å². The standard InChI is InChI=1S/C17H33N3O3/c1-7-19(6)15(21)13(2)18-12-14-8-10-20(11-9-14)16(22)23-17(3,4)5/h13-14,18H,7-12H2,1-6H3. The lowest BCUT2D eigenvalue weighted by atomic mass is 9.96. The molecule has 6 heteroatoms. The normalized spacial score (nSPS) is 17.7. The van der Waals surface area contributed by atoms with Gasteiger partial charge in [0.1, 0.15) is 5.60 Å². The average molecular weight is 327 g/mol. The molecule has 2 amide bonds. The number of carbonyl (C=O) groups excluding carboxylic acids is 2. The molecule has 0 bridgehead atoms. The minimum atomic E-state index is -0.448. The van der Waals surface area contributed by atoms with Gasteiger partial charge in [0.15, 0.2) is 0 Å². The summed E-state index contributed by atoms with van der Waals surface area (Å²) in [5.74, 6) is 0.620. The Kier molecular flexibility index (Phi) is 7.32. The molecule has 1 unspecified atom stereocenters. The fourth-order valence-corrected chi connectivity index (χ4v) is 2.56. The zero-order valence-corrected chi connectivity index (χ0v) is 15.5. The van der Waals surface area contributed by atoms with E-state index in [2.05, 4.69) is 5.32 Å². The van der Waals surface area contributed by atoms with E-state index < -0.39 is 5.60 Å². The summed E-state index contributed by atoms with van der Waals surface area (Å²) in [5, 5.41) is 3.32. The second kappa shape index (κ2) is 8.52. The first-order valence-corrected chi connectivity index (χ1v) is 8.60. The third-order valence-corrected chi connectivity index (χ3v) is 4.20. The highest BCUT2D eigenvalue weighted by molar-refractivity contribution is 5.81. The Bertz CT molecular complexity index is 398. The molecule has 0 spiro atoms. The van der Waals surface area contributed by atoms with Gasteiger partial charge in [-0.15, -0.1) is 0 Å². The highest BCUT2D eigenvalue weighted by Gasteiger charge is 2.27. The molecule has 1 saturated heterocycles. The molecule has 0 saturated carbocycles. The van der Waals surface area contributed by atoms with E-state index in [9.17, 15) is 9.59 Å². The van der Waals surface area contributed by atoms with Crippen LogP contribution in [0.5, 0.6) is 0 Å². The maximum Gasteiger partial charge on any atom is 0.410 e. The van der Waals surface area contributed by atoms with Crippen molar-refractivity contribution >= 4 is 12.0 Å². The summed E-state index contributed by atoms with van der Waals surface area (Å²) in [4.78, 5) is 27.5. The first kappa shape index (κ1) is 19.7. The minimum Gasteiger partial charge on any atom is -0.444 e. The van der Waals surface area contributed by atoms with Crippen molar-refractivity contribution < 1.29 is 14.3 Å². The van der Waals surface area contributed by atoms with Crippen LogP contribution in [0.4, 0.5) is 4.79 Å².